The molecule has 0 spiro atoms. The van der Waals surface area contributed by atoms with Gasteiger partial charge in [-0.1, -0.05) is 34.6 Å². The highest BCUT2D eigenvalue weighted by Crippen LogP contribution is 2.25. The van der Waals surface area contributed by atoms with E-state index in [-0.39, 0.29) is 5.41 Å². The molecule has 1 heteroatoms. The minimum absolute atomic E-state index is 0.255. The predicted octanol–water partition coefficient (Wildman–Crippen LogP) is 4.02. The van der Waals surface area contributed by atoms with Gasteiger partial charge in [-0.3, -0.25) is 0 Å². The van der Waals surface area contributed by atoms with Gasteiger partial charge in [-0.2, -0.15) is 11.8 Å². The van der Waals surface area contributed by atoms with E-state index < -0.39 is 0 Å². The third-order valence-electron chi connectivity index (χ3n) is 1.46. The number of hydrogen-bond donors (Lipinski definition) is 0. The number of thioether (sulfide) groups is 1. The standard InChI is InChI=1S/C11H23S/c1-10(2,3)7-8-12-9-11(4,5)6/h1,7-9H2,2-6H3. The van der Waals surface area contributed by atoms with Gasteiger partial charge in [0.25, 0.3) is 0 Å². The fourth-order valence-corrected chi connectivity index (χ4v) is 2.18. The second-order valence-electron chi connectivity index (χ2n) is 5.53. The van der Waals surface area contributed by atoms with Crippen LogP contribution in [0.2, 0.25) is 0 Å². The van der Waals surface area contributed by atoms with Crippen LogP contribution in [0, 0.1) is 17.8 Å². The third-order valence-corrected chi connectivity index (χ3v) is 3.02. The molecule has 0 rings (SSSR count). The molecule has 0 fully saturated rings. The van der Waals surface area contributed by atoms with Crippen LogP contribution in [0.1, 0.15) is 41.0 Å². The maximum atomic E-state index is 4.09. The zero-order valence-corrected chi connectivity index (χ0v) is 10.1. The Balaban J connectivity index is 3.35. The first-order valence-corrected chi connectivity index (χ1v) is 5.79. The highest BCUT2D eigenvalue weighted by atomic mass is 32.2. The second kappa shape index (κ2) is 4.55. The van der Waals surface area contributed by atoms with E-state index in [9.17, 15) is 0 Å². The van der Waals surface area contributed by atoms with Crippen molar-refractivity contribution in [3.05, 3.63) is 6.92 Å². The summed E-state index contributed by atoms with van der Waals surface area (Å²) >= 11 is 2.05. The first-order chi connectivity index (χ1) is 5.21. The monoisotopic (exact) mass is 187 g/mol. The zero-order chi connectivity index (χ0) is 9.83. The average molecular weight is 187 g/mol. The minimum atomic E-state index is 0.255. The largest absolute Gasteiger partial charge is 0.161 e. The third kappa shape index (κ3) is 10.3. The average Bonchev–Trinajstić information content (AvgIpc) is 1.76. The van der Waals surface area contributed by atoms with Crippen molar-refractivity contribution in [1.29, 1.82) is 0 Å². The van der Waals surface area contributed by atoms with E-state index in [1.54, 1.807) is 0 Å². The second-order valence-corrected chi connectivity index (χ2v) is 6.63. The molecule has 0 saturated heterocycles. The summed E-state index contributed by atoms with van der Waals surface area (Å²) in [5, 5.41) is 0. The Kier molecular flexibility index (Phi) is 4.68. The summed E-state index contributed by atoms with van der Waals surface area (Å²) in [5.74, 6) is 2.50. The van der Waals surface area contributed by atoms with Crippen molar-refractivity contribution in [3.8, 4) is 0 Å². The molecule has 0 atom stereocenters. The van der Waals surface area contributed by atoms with Crippen molar-refractivity contribution in [2.45, 2.75) is 41.0 Å². The molecule has 0 N–H and O–H groups in total. The minimum Gasteiger partial charge on any atom is -0.161 e. The van der Waals surface area contributed by atoms with Gasteiger partial charge < -0.3 is 0 Å². The molecular weight excluding hydrogens is 164 g/mol. The summed E-state index contributed by atoms with van der Waals surface area (Å²) in [7, 11) is 0. The first kappa shape index (κ1) is 12.3. The fourth-order valence-electron chi connectivity index (χ4n) is 0.727. The molecule has 0 aliphatic rings. The zero-order valence-electron chi connectivity index (χ0n) is 9.24. The van der Waals surface area contributed by atoms with Gasteiger partial charge >= 0.3 is 0 Å². The Bertz CT molecular complexity index is 97.9. The van der Waals surface area contributed by atoms with Crippen LogP contribution in [-0.2, 0) is 0 Å². The van der Waals surface area contributed by atoms with Crippen molar-refractivity contribution < 1.29 is 0 Å². The fraction of sp³-hybridized carbons (Fsp3) is 0.909. The lowest BCUT2D eigenvalue weighted by molar-refractivity contribution is 0.457. The van der Waals surface area contributed by atoms with Gasteiger partial charge in [0.05, 0.1) is 0 Å². The molecular formula is C11H23S. The summed E-state index contributed by atoms with van der Waals surface area (Å²) in [6.45, 7) is 15.4. The predicted molar refractivity (Wildman–Crippen MR) is 60.5 cm³/mol. The van der Waals surface area contributed by atoms with Crippen molar-refractivity contribution in [1.82, 2.24) is 0 Å². The SMILES string of the molecule is [CH2]C(C)(C)CCSCC(C)(C)C. The van der Waals surface area contributed by atoms with Crippen LogP contribution in [0.15, 0.2) is 0 Å². The molecule has 0 aliphatic heterocycles. The van der Waals surface area contributed by atoms with Gasteiger partial charge in [0.1, 0.15) is 0 Å². The lowest BCUT2D eigenvalue weighted by Gasteiger charge is -2.20. The highest BCUT2D eigenvalue weighted by molar-refractivity contribution is 7.99. The molecule has 12 heavy (non-hydrogen) atoms. The van der Waals surface area contributed by atoms with Gasteiger partial charge in [0.2, 0.25) is 0 Å². The molecule has 0 aromatic carbocycles. The molecule has 0 saturated carbocycles. The smallest absolute Gasteiger partial charge is 0.00187 e. The van der Waals surface area contributed by atoms with E-state index in [0.29, 0.717) is 5.41 Å². The number of rotatable bonds is 4. The summed E-state index contributed by atoms with van der Waals surface area (Å²) in [6.07, 6.45) is 1.22. The van der Waals surface area contributed by atoms with Gasteiger partial charge in [-0.05, 0) is 35.7 Å². The van der Waals surface area contributed by atoms with Crippen LogP contribution >= 0.6 is 11.8 Å². The summed E-state index contributed by atoms with van der Waals surface area (Å²) in [6, 6.07) is 0. The molecule has 0 amide bonds. The first-order valence-electron chi connectivity index (χ1n) is 4.64. The summed E-state index contributed by atoms with van der Waals surface area (Å²) < 4.78 is 0. The van der Waals surface area contributed by atoms with E-state index in [2.05, 4.69) is 41.5 Å². The Morgan fingerprint density at radius 2 is 1.58 bits per heavy atom. The summed E-state index contributed by atoms with van der Waals surface area (Å²) in [4.78, 5) is 0. The topological polar surface area (TPSA) is 0 Å². The van der Waals surface area contributed by atoms with Gasteiger partial charge in [0, 0.05) is 0 Å². The Morgan fingerprint density at radius 1 is 1.08 bits per heavy atom. The van der Waals surface area contributed by atoms with E-state index in [1.165, 1.54) is 17.9 Å². The highest BCUT2D eigenvalue weighted by Gasteiger charge is 2.12. The quantitative estimate of drug-likeness (QED) is 0.599. The Hall–Kier alpha value is 0.350. The molecule has 0 aromatic rings. The van der Waals surface area contributed by atoms with Gasteiger partial charge in [-0.15, -0.1) is 0 Å². The lowest BCUT2D eigenvalue weighted by atomic mass is 9.94. The molecule has 0 bridgehead atoms. The van der Waals surface area contributed by atoms with Crippen LogP contribution in [0.5, 0.6) is 0 Å². The van der Waals surface area contributed by atoms with Crippen molar-refractivity contribution in [2.24, 2.45) is 10.8 Å². The van der Waals surface area contributed by atoms with Crippen LogP contribution in [0.3, 0.4) is 0 Å². The van der Waals surface area contributed by atoms with Crippen molar-refractivity contribution >= 4 is 11.8 Å². The summed E-state index contributed by atoms with van der Waals surface area (Å²) in [5.41, 5.74) is 0.723. The van der Waals surface area contributed by atoms with Gasteiger partial charge in [0.15, 0.2) is 0 Å². The van der Waals surface area contributed by atoms with Crippen LogP contribution in [0.25, 0.3) is 0 Å². The molecule has 0 nitrogen and oxygen atoms in total. The molecule has 0 aromatic heterocycles. The van der Waals surface area contributed by atoms with E-state index in [4.69, 9.17) is 0 Å². The van der Waals surface area contributed by atoms with E-state index in [0.717, 1.165) is 0 Å². The van der Waals surface area contributed by atoms with E-state index >= 15 is 0 Å². The van der Waals surface area contributed by atoms with Crippen molar-refractivity contribution in [3.63, 3.8) is 0 Å². The number of hydrogen-bond acceptors (Lipinski definition) is 1. The molecule has 0 unspecified atom stereocenters. The molecule has 73 valence electrons. The molecule has 1 radical (unpaired) electrons. The van der Waals surface area contributed by atoms with Crippen LogP contribution in [0.4, 0.5) is 0 Å². The Morgan fingerprint density at radius 3 is 1.92 bits per heavy atom. The molecule has 0 heterocycles. The molecule has 0 aliphatic carbocycles. The van der Waals surface area contributed by atoms with Crippen LogP contribution in [-0.4, -0.2) is 11.5 Å². The van der Waals surface area contributed by atoms with Crippen LogP contribution < -0.4 is 0 Å². The normalized spacial score (nSPS) is 13.5. The van der Waals surface area contributed by atoms with Crippen molar-refractivity contribution in [2.75, 3.05) is 11.5 Å². The lowest BCUT2D eigenvalue weighted by Crippen LogP contribution is -2.11. The maximum absolute atomic E-state index is 4.09. The maximum Gasteiger partial charge on any atom is -0.00187 e. The Labute approximate surface area is 82.5 Å². The van der Waals surface area contributed by atoms with Gasteiger partial charge in [-0.25, -0.2) is 0 Å². The van der Waals surface area contributed by atoms with E-state index in [1.807, 2.05) is 11.8 Å².